The maximum absolute atomic E-state index is 13.6. The van der Waals surface area contributed by atoms with Crippen molar-refractivity contribution < 1.29 is 17.6 Å². The highest BCUT2D eigenvalue weighted by atomic mass is 32.2. The van der Waals surface area contributed by atoms with Crippen LogP contribution in [0.15, 0.2) is 17.0 Å². The number of benzene rings is 1. The van der Waals surface area contributed by atoms with Crippen LogP contribution in [0, 0.1) is 12.7 Å². The van der Waals surface area contributed by atoms with E-state index in [-0.39, 0.29) is 5.69 Å². The van der Waals surface area contributed by atoms with E-state index in [1.165, 1.54) is 7.05 Å². The van der Waals surface area contributed by atoms with Gasteiger partial charge in [-0.2, -0.15) is 0 Å². The molecule has 1 rings (SSSR count). The zero-order valence-corrected chi connectivity index (χ0v) is 10.8. The first-order chi connectivity index (χ1) is 8.27. The lowest BCUT2D eigenvalue weighted by molar-refractivity contribution is -0.119. The summed E-state index contributed by atoms with van der Waals surface area (Å²) in [5, 5.41) is 2.24. The van der Waals surface area contributed by atoms with Crippen molar-refractivity contribution in [2.75, 3.05) is 19.3 Å². The van der Waals surface area contributed by atoms with Crippen LogP contribution in [-0.2, 0) is 14.8 Å². The predicted octanol–water partition coefficient (Wildman–Crippen LogP) is -0.259. The van der Waals surface area contributed by atoms with E-state index in [0.29, 0.717) is 5.56 Å². The molecule has 1 aromatic rings. The van der Waals surface area contributed by atoms with Crippen molar-refractivity contribution in [3.05, 3.63) is 23.5 Å². The molecule has 0 aliphatic carbocycles. The van der Waals surface area contributed by atoms with Gasteiger partial charge in [0, 0.05) is 12.7 Å². The largest absolute Gasteiger partial charge is 0.398 e. The lowest BCUT2D eigenvalue weighted by atomic mass is 10.2. The molecular formula is C10H14FN3O3S. The average Bonchev–Trinajstić information content (AvgIpc) is 2.30. The summed E-state index contributed by atoms with van der Waals surface area (Å²) in [6.45, 7) is 1.10. The Balaban J connectivity index is 3.06. The number of hydrogen-bond donors (Lipinski definition) is 3. The van der Waals surface area contributed by atoms with Crippen molar-refractivity contribution >= 4 is 21.6 Å². The Morgan fingerprint density at radius 3 is 2.61 bits per heavy atom. The second kappa shape index (κ2) is 5.32. The van der Waals surface area contributed by atoms with E-state index in [9.17, 15) is 17.6 Å². The summed E-state index contributed by atoms with van der Waals surface area (Å²) in [6.07, 6.45) is 0. The van der Waals surface area contributed by atoms with Crippen molar-refractivity contribution in [2.45, 2.75) is 11.8 Å². The predicted molar refractivity (Wildman–Crippen MR) is 64.8 cm³/mol. The summed E-state index contributed by atoms with van der Waals surface area (Å²) >= 11 is 0. The van der Waals surface area contributed by atoms with Gasteiger partial charge in [-0.25, -0.2) is 17.5 Å². The van der Waals surface area contributed by atoms with Gasteiger partial charge in [0.15, 0.2) is 0 Å². The van der Waals surface area contributed by atoms with Gasteiger partial charge in [-0.3, -0.25) is 4.79 Å². The van der Waals surface area contributed by atoms with Crippen molar-refractivity contribution in [2.24, 2.45) is 0 Å². The first-order valence-electron chi connectivity index (χ1n) is 5.04. The highest BCUT2D eigenvalue weighted by Crippen LogP contribution is 2.21. The molecule has 18 heavy (non-hydrogen) atoms. The number of amides is 1. The molecule has 1 amide bonds. The second-order valence-corrected chi connectivity index (χ2v) is 5.37. The lowest BCUT2D eigenvalue weighted by Crippen LogP contribution is -2.35. The van der Waals surface area contributed by atoms with Crippen LogP contribution in [0.3, 0.4) is 0 Å². The van der Waals surface area contributed by atoms with Gasteiger partial charge in [0.25, 0.3) is 0 Å². The molecule has 0 heterocycles. The molecule has 0 aliphatic rings. The fourth-order valence-corrected chi connectivity index (χ4v) is 2.28. The van der Waals surface area contributed by atoms with Gasteiger partial charge in [0.2, 0.25) is 15.9 Å². The topological polar surface area (TPSA) is 101 Å². The maximum Gasteiger partial charge on any atom is 0.244 e. The maximum atomic E-state index is 13.6. The summed E-state index contributed by atoms with van der Waals surface area (Å²) in [5.74, 6) is -1.44. The minimum Gasteiger partial charge on any atom is -0.398 e. The highest BCUT2D eigenvalue weighted by molar-refractivity contribution is 7.89. The Morgan fingerprint density at radius 1 is 1.44 bits per heavy atom. The minimum absolute atomic E-state index is 0.164. The summed E-state index contributed by atoms with van der Waals surface area (Å²) in [7, 11) is -2.74. The van der Waals surface area contributed by atoms with E-state index >= 15 is 0 Å². The Hall–Kier alpha value is -1.67. The molecule has 0 fully saturated rings. The van der Waals surface area contributed by atoms with Crippen molar-refractivity contribution in [3.63, 3.8) is 0 Å². The monoisotopic (exact) mass is 275 g/mol. The third-order valence-corrected chi connectivity index (χ3v) is 3.73. The van der Waals surface area contributed by atoms with Crippen LogP contribution in [0.25, 0.3) is 0 Å². The fraction of sp³-hybridized carbons (Fsp3) is 0.300. The van der Waals surface area contributed by atoms with E-state index in [2.05, 4.69) is 5.32 Å². The van der Waals surface area contributed by atoms with E-state index in [4.69, 9.17) is 5.73 Å². The van der Waals surface area contributed by atoms with Crippen molar-refractivity contribution in [3.8, 4) is 0 Å². The molecule has 0 saturated heterocycles. The van der Waals surface area contributed by atoms with E-state index in [0.717, 1.165) is 12.1 Å². The molecule has 0 aliphatic heterocycles. The van der Waals surface area contributed by atoms with E-state index in [1.807, 2.05) is 4.72 Å². The molecule has 4 N–H and O–H groups in total. The Bertz CT molecular complexity index is 572. The Labute approximate surface area is 104 Å². The molecule has 6 nitrogen and oxygen atoms in total. The number of sulfonamides is 1. The van der Waals surface area contributed by atoms with Crippen LogP contribution in [-0.4, -0.2) is 27.9 Å². The molecule has 0 spiro atoms. The number of hydrogen-bond acceptors (Lipinski definition) is 4. The molecule has 0 radical (unpaired) electrons. The minimum atomic E-state index is -4.10. The number of nitrogens with one attached hydrogen (secondary N) is 2. The summed E-state index contributed by atoms with van der Waals surface area (Å²) in [4.78, 5) is 10.4. The number of aryl methyl sites for hydroxylation is 1. The number of nitrogen functional groups attached to an aromatic ring is 1. The number of halogens is 1. The standard InChI is InChI=1S/C10H14FN3O3S/c1-6-3-7(11)9(4-8(6)12)18(16,17)14-5-10(15)13-2/h3-4,14H,5,12H2,1-2H3,(H,13,15). The molecule has 0 aromatic heterocycles. The van der Waals surface area contributed by atoms with Gasteiger partial charge in [-0.1, -0.05) is 0 Å². The third-order valence-electron chi connectivity index (χ3n) is 2.31. The quantitative estimate of drug-likeness (QED) is 0.659. The first-order valence-corrected chi connectivity index (χ1v) is 6.52. The van der Waals surface area contributed by atoms with E-state index in [1.54, 1.807) is 6.92 Å². The summed E-state index contributed by atoms with van der Waals surface area (Å²) < 4.78 is 39.0. The number of rotatable bonds is 4. The van der Waals surface area contributed by atoms with Crippen LogP contribution >= 0.6 is 0 Å². The van der Waals surface area contributed by atoms with Crippen LogP contribution in [0.2, 0.25) is 0 Å². The molecule has 1 aromatic carbocycles. The van der Waals surface area contributed by atoms with Crippen LogP contribution < -0.4 is 15.8 Å². The van der Waals surface area contributed by atoms with Gasteiger partial charge in [-0.15, -0.1) is 0 Å². The van der Waals surface area contributed by atoms with Gasteiger partial charge in [-0.05, 0) is 24.6 Å². The lowest BCUT2D eigenvalue weighted by Gasteiger charge is -2.09. The number of likely N-dealkylation sites (N-methyl/N-ethyl adjacent to an activating group) is 1. The number of carbonyl (C=O) groups is 1. The first kappa shape index (κ1) is 14.4. The molecule has 0 saturated carbocycles. The summed E-state index contributed by atoms with van der Waals surface area (Å²) in [6, 6.07) is 2.06. The highest BCUT2D eigenvalue weighted by Gasteiger charge is 2.20. The normalized spacial score (nSPS) is 11.3. The smallest absolute Gasteiger partial charge is 0.244 e. The number of nitrogens with two attached hydrogens (primary N) is 1. The zero-order chi connectivity index (χ0) is 13.9. The van der Waals surface area contributed by atoms with Crippen LogP contribution in [0.4, 0.5) is 10.1 Å². The van der Waals surface area contributed by atoms with Gasteiger partial charge >= 0.3 is 0 Å². The number of anilines is 1. The van der Waals surface area contributed by atoms with Gasteiger partial charge in [0.1, 0.15) is 10.7 Å². The SMILES string of the molecule is CNC(=O)CNS(=O)(=O)c1cc(N)c(C)cc1F. The zero-order valence-electron chi connectivity index (χ0n) is 9.95. The van der Waals surface area contributed by atoms with Crippen LogP contribution in [0.5, 0.6) is 0 Å². The fourth-order valence-electron chi connectivity index (χ4n) is 1.20. The van der Waals surface area contributed by atoms with Crippen LogP contribution in [0.1, 0.15) is 5.56 Å². The Kier molecular flexibility index (Phi) is 4.25. The molecule has 0 bridgehead atoms. The molecular weight excluding hydrogens is 261 g/mol. The van der Waals surface area contributed by atoms with E-state index < -0.39 is 33.2 Å². The average molecular weight is 275 g/mol. The summed E-state index contributed by atoms with van der Waals surface area (Å²) in [5.41, 5.74) is 6.14. The van der Waals surface area contributed by atoms with Gasteiger partial charge in [0.05, 0.1) is 6.54 Å². The Morgan fingerprint density at radius 2 is 2.06 bits per heavy atom. The van der Waals surface area contributed by atoms with Gasteiger partial charge < -0.3 is 11.1 Å². The molecule has 0 atom stereocenters. The van der Waals surface area contributed by atoms with Crippen molar-refractivity contribution in [1.29, 1.82) is 0 Å². The van der Waals surface area contributed by atoms with Crippen molar-refractivity contribution in [1.82, 2.24) is 10.0 Å². The number of carbonyl (C=O) groups excluding carboxylic acids is 1. The molecule has 8 heteroatoms. The molecule has 100 valence electrons. The molecule has 0 unspecified atom stereocenters. The second-order valence-electron chi connectivity index (χ2n) is 3.64. The third kappa shape index (κ3) is 3.17.